The van der Waals surface area contributed by atoms with E-state index < -0.39 is 0 Å². The number of rotatable bonds is 5. The van der Waals surface area contributed by atoms with Crippen molar-refractivity contribution in [1.29, 1.82) is 0 Å². The minimum Gasteiger partial charge on any atom is -0.486 e. The van der Waals surface area contributed by atoms with Crippen LogP contribution in [-0.2, 0) is 6.54 Å². The summed E-state index contributed by atoms with van der Waals surface area (Å²) in [5, 5.41) is 3.56. The van der Waals surface area contributed by atoms with Gasteiger partial charge in [0.05, 0.1) is 0 Å². The van der Waals surface area contributed by atoms with Crippen LogP contribution in [0.5, 0.6) is 11.5 Å². The smallest absolute Gasteiger partial charge is 0.161 e. The third kappa shape index (κ3) is 4.11. The van der Waals surface area contributed by atoms with Crippen LogP contribution in [0, 0.1) is 5.92 Å². The Balaban J connectivity index is 1.39. The van der Waals surface area contributed by atoms with Crippen LogP contribution in [0.4, 0.5) is 0 Å². The van der Waals surface area contributed by atoms with Crippen LogP contribution in [0.1, 0.15) is 24.8 Å². The molecule has 0 unspecified atom stereocenters. The monoisotopic (exact) mass is 290 g/mol. The van der Waals surface area contributed by atoms with Gasteiger partial charge in [-0.3, -0.25) is 0 Å². The van der Waals surface area contributed by atoms with Crippen molar-refractivity contribution in [2.24, 2.45) is 5.92 Å². The summed E-state index contributed by atoms with van der Waals surface area (Å²) in [6.45, 7) is 5.83. The molecule has 0 spiro atoms. The highest BCUT2D eigenvalue weighted by Gasteiger charge is 2.16. The van der Waals surface area contributed by atoms with Gasteiger partial charge in [0.1, 0.15) is 13.2 Å². The molecule has 3 rings (SSSR count). The van der Waals surface area contributed by atoms with Crippen molar-refractivity contribution >= 4 is 0 Å². The molecule has 0 radical (unpaired) electrons. The Morgan fingerprint density at radius 1 is 1.14 bits per heavy atom. The zero-order chi connectivity index (χ0) is 14.5. The number of hydrogen-bond acceptors (Lipinski definition) is 4. The normalized spacial score (nSPS) is 19.7. The van der Waals surface area contributed by atoms with Crippen molar-refractivity contribution < 1.29 is 9.47 Å². The zero-order valence-corrected chi connectivity index (χ0v) is 12.9. The lowest BCUT2D eigenvalue weighted by Crippen LogP contribution is -2.31. The van der Waals surface area contributed by atoms with Gasteiger partial charge < -0.3 is 19.7 Å². The Bertz CT molecular complexity index is 456. The van der Waals surface area contributed by atoms with E-state index in [9.17, 15) is 0 Å². The maximum absolute atomic E-state index is 5.62. The standard InChI is InChI=1S/C17H26N2O2/c1-19-8-5-14(6-9-19)4-7-18-13-15-2-3-16-17(12-15)21-11-10-20-16/h2-3,12,14,18H,4-11,13H2,1H3. The third-order valence-corrected chi connectivity index (χ3v) is 4.50. The Morgan fingerprint density at radius 3 is 2.71 bits per heavy atom. The molecule has 2 aliphatic rings. The highest BCUT2D eigenvalue weighted by molar-refractivity contribution is 5.43. The van der Waals surface area contributed by atoms with Gasteiger partial charge in [0, 0.05) is 6.54 Å². The predicted molar refractivity (Wildman–Crippen MR) is 84.0 cm³/mol. The molecule has 0 bridgehead atoms. The molecule has 0 atom stereocenters. The molecule has 21 heavy (non-hydrogen) atoms. The van der Waals surface area contributed by atoms with Crippen molar-refractivity contribution in [2.75, 3.05) is 39.9 Å². The van der Waals surface area contributed by atoms with E-state index in [0.29, 0.717) is 13.2 Å². The van der Waals surface area contributed by atoms with E-state index in [1.54, 1.807) is 0 Å². The largest absolute Gasteiger partial charge is 0.486 e. The van der Waals surface area contributed by atoms with Gasteiger partial charge in [0.25, 0.3) is 0 Å². The molecule has 116 valence electrons. The summed E-state index contributed by atoms with van der Waals surface area (Å²) in [5.41, 5.74) is 1.27. The fourth-order valence-electron chi connectivity index (χ4n) is 3.09. The summed E-state index contributed by atoms with van der Waals surface area (Å²) >= 11 is 0. The number of ether oxygens (including phenoxy) is 2. The van der Waals surface area contributed by atoms with E-state index in [-0.39, 0.29) is 0 Å². The van der Waals surface area contributed by atoms with Gasteiger partial charge in [-0.05, 0) is 69.6 Å². The number of nitrogens with zero attached hydrogens (tertiary/aromatic N) is 1. The fourth-order valence-corrected chi connectivity index (χ4v) is 3.09. The minimum atomic E-state index is 0.653. The van der Waals surface area contributed by atoms with E-state index in [0.717, 1.165) is 30.5 Å². The molecule has 1 saturated heterocycles. The first kappa shape index (κ1) is 14.7. The van der Waals surface area contributed by atoms with Crippen molar-refractivity contribution in [3.63, 3.8) is 0 Å². The van der Waals surface area contributed by atoms with Crippen LogP contribution in [-0.4, -0.2) is 44.8 Å². The second kappa shape index (κ2) is 7.14. The molecule has 0 amide bonds. The van der Waals surface area contributed by atoms with Gasteiger partial charge in [-0.1, -0.05) is 6.07 Å². The summed E-state index contributed by atoms with van der Waals surface area (Å²) in [5.74, 6) is 2.65. The molecule has 4 nitrogen and oxygen atoms in total. The molecule has 1 fully saturated rings. The first-order valence-electron chi connectivity index (χ1n) is 8.09. The molecule has 0 aliphatic carbocycles. The predicted octanol–water partition coefficient (Wildman–Crippen LogP) is 2.28. The van der Waals surface area contributed by atoms with Gasteiger partial charge in [-0.15, -0.1) is 0 Å². The van der Waals surface area contributed by atoms with E-state index >= 15 is 0 Å². The molecule has 1 aromatic carbocycles. The average molecular weight is 290 g/mol. The van der Waals surface area contributed by atoms with E-state index in [1.165, 1.54) is 37.9 Å². The van der Waals surface area contributed by atoms with Crippen molar-refractivity contribution in [3.05, 3.63) is 23.8 Å². The summed E-state index contributed by atoms with van der Waals surface area (Å²) in [6, 6.07) is 6.23. The lowest BCUT2D eigenvalue weighted by Gasteiger charge is -2.28. The number of likely N-dealkylation sites (tertiary alicyclic amines) is 1. The van der Waals surface area contributed by atoms with E-state index in [4.69, 9.17) is 9.47 Å². The lowest BCUT2D eigenvalue weighted by molar-refractivity contribution is 0.171. The van der Waals surface area contributed by atoms with Gasteiger partial charge in [-0.2, -0.15) is 0 Å². The van der Waals surface area contributed by atoms with Crippen LogP contribution < -0.4 is 14.8 Å². The third-order valence-electron chi connectivity index (χ3n) is 4.50. The zero-order valence-electron chi connectivity index (χ0n) is 12.9. The van der Waals surface area contributed by atoms with Crippen molar-refractivity contribution in [3.8, 4) is 11.5 Å². The van der Waals surface area contributed by atoms with Crippen LogP contribution in [0.3, 0.4) is 0 Å². The molecular formula is C17H26N2O2. The maximum Gasteiger partial charge on any atom is 0.161 e. The number of fused-ring (bicyclic) bond motifs is 1. The average Bonchev–Trinajstić information content (AvgIpc) is 2.53. The van der Waals surface area contributed by atoms with Crippen LogP contribution in [0.25, 0.3) is 0 Å². The van der Waals surface area contributed by atoms with E-state index in [1.807, 2.05) is 6.07 Å². The first-order chi connectivity index (χ1) is 10.3. The molecule has 0 saturated carbocycles. The second-order valence-corrected chi connectivity index (χ2v) is 6.19. The Labute approximate surface area is 127 Å². The van der Waals surface area contributed by atoms with Gasteiger partial charge >= 0.3 is 0 Å². The Kier molecular flexibility index (Phi) is 4.99. The molecule has 4 heteroatoms. The highest BCUT2D eigenvalue weighted by Crippen LogP contribution is 2.30. The lowest BCUT2D eigenvalue weighted by atomic mass is 9.94. The van der Waals surface area contributed by atoms with Crippen molar-refractivity contribution in [2.45, 2.75) is 25.8 Å². The number of benzene rings is 1. The topological polar surface area (TPSA) is 33.7 Å². The Morgan fingerprint density at radius 2 is 1.90 bits per heavy atom. The maximum atomic E-state index is 5.62. The molecule has 2 heterocycles. The minimum absolute atomic E-state index is 0.653. The number of piperidine rings is 1. The van der Waals surface area contributed by atoms with E-state index in [2.05, 4.69) is 29.4 Å². The molecule has 1 N–H and O–H groups in total. The van der Waals surface area contributed by atoms with Crippen LogP contribution in [0.15, 0.2) is 18.2 Å². The number of hydrogen-bond donors (Lipinski definition) is 1. The second-order valence-electron chi connectivity index (χ2n) is 6.19. The first-order valence-corrected chi connectivity index (χ1v) is 8.09. The molecule has 1 aromatic rings. The molecule has 2 aliphatic heterocycles. The molecular weight excluding hydrogens is 264 g/mol. The summed E-state index contributed by atoms with van der Waals surface area (Å²) < 4.78 is 11.2. The fraction of sp³-hybridized carbons (Fsp3) is 0.647. The summed E-state index contributed by atoms with van der Waals surface area (Å²) in [7, 11) is 2.22. The van der Waals surface area contributed by atoms with Crippen LogP contribution >= 0.6 is 0 Å². The van der Waals surface area contributed by atoms with Crippen molar-refractivity contribution in [1.82, 2.24) is 10.2 Å². The SMILES string of the molecule is CN1CCC(CCNCc2ccc3c(c2)OCCO3)CC1. The summed E-state index contributed by atoms with van der Waals surface area (Å²) in [4.78, 5) is 2.43. The van der Waals surface area contributed by atoms with Crippen LogP contribution in [0.2, 0.25) is 0 Å². The van der Waals surface area contributed by atoms with Gasteiger partial charge in [0.2, 0.25) is 0 Å². The Hall–Kier alpha value is -1.26. The quantitative estimate of drug-likeness (QED) is 0.844. The highest BCUT2D eigenvalue weighted by atomic mass is 16.6. The summed E-state index contributed by atoms with van der Waals surface area (Å²) in [6.07, 6.45) is 3.99. The number of nitrogens with one attached hydrogen (secondary N) is 1. The van der Waals surface area contributed by atoms with Gasteiger partial charge in [-0.25, -0.2) is 0 Å². The van der Waals surface area contributed by atoms with Gasteiger partial charge in [0.15, 0.2) is 11.5 Å². The molecule has 0 aromatic heterocycles.